The molecule has 1 aliphatic heterocycles. The fraction of sp³-hybridized carbons (Fsp3) is 0.368. The summed E-state index contributed by atoms with van der Waals surface area (Å²) in [5, 5.41) is 15.0. The molecule has 1 aliphatic rings. The van der Waals surface area contributed by atoms with Crippen molar-refractivity contribution >= 4 is 29.5 Å². The fourth-order valence-electron chi connectivity index (χ4n) is 3.01. The minimum Gasteiger partial charge on any atom is -0.378 e. The maximum Gasteiger partial charge on any atom is 0.240 e. The number of carbonyl (C=O) groups excluding carboxylic acids is 1. The molecule has 9 nitrogen and oxygen atoms in total. The number of morpholine rings is 1. The number of aryl methyl sites for hydroxylation is 1. The topological polar surface area (TPSA) is 98.3 Å². The highest BCUT2D eigenvalue weighted by atomic mass is 32.2. The Morgan fingerprint density at radius 2 is 2.07 bits per heavy atom. The molecule has 0 spiro atoms. The Labute approximate surface area is 176 Å². The molecule has 0 saturated carbocycles. The molecule has 3 heterocycles. The van der Waals surface area contributed by atoms with Gasteiger partial charge in [-0.25, -0.2) is 4.39 Å². The summed E-state index contributed by atoms with van der Waals surface area (Å²) in [6.45, 7) is 5.98. The number of hydrogen-bond acceptors (Lipinski definition) is 8. The first kappa shape index (κ1) is 20.4. The number of aromatic nitrogens is 4. The number of nitrogens with one attached hydrogen (secondary N) is 1. The van der Waals surface area contributed by atoms with Gasteiger partial charge in [0, 0.05) is 19.2 Å². The van der Waals surface area contributed by atoms with E-state index in [1.165, 1.54) is 23.9 Å². The summed E-state index contributed by atoms with van der Waals surface area (Å²) in [5.74, 6) is 0.241. The monoisotopic (exact) mass is 432 g/mol. The van der Waals surface area contributed by atoms with Crippen LogP contribution in [0.2, 0.25) is 0 Å². The van der Waals surface area contributed by atoms with Gasteiger partial charge in [0.1, 0.15) is 5.82 Å². The predicted molar refractivity (Wildman–Crippen MR) is 110 cm³/mol. The number of ether oxygens (including phenoxy) is 1. The maximum absolute atomic E-state index is 13.9. The van der Waals surface area contributed by atoms with Gasteiger partial charge in [0.15, 0.2) is 5.16 Å². The second-order valence-corrected chi connectivity index (χ2v) is 8.09. The number of amides is 1. The predicted octanol–water partition coefficient (Wildman–Crippen LogP) is 2.66. The lowest BCUT2D eigenvalue weighted by molar-refractivity contribution is -0.115. The Morgan fingerprint density at radius 3 is 2.77 bits per heavy atom. The molecule has 1 amide bonds. The summed E-state index contributed by atoms with van der Waals surface area (Å²) in [7, 11) is 0. The van der Waals surface area contributed by atoms with E-state index >= 15 is 0 Å². The SMILES string of the molecule is Cc1cc(NC(=O)C(C)Sc2nnc(N3CCOCC3)n2-c2cccc(F)c2)on1. The van der Waals surface area contributed by atoms with Crippen molar-refractivity contribution in [3.8, 4) is 5.69 Å². The van der Waals surface area contributed by atoms with Crippen LogP contribution >= 0.6 is 11.8 Å². The van der Waals surface area contributed by atoms with Crippen LogP contribution in [0.5, 0.6) is 0 Å². The first-order valence-corrected chi connectivity index (χ1v) is 10.3. The number of rotatable bonds is 6. The summed E-state index contributed by atoms with van der Waals surface area (Å²) in [6.07, 6.45) is 0. The molecule has 3 aromatic rings. The Morgan fingerprint density at radius 1 is 1.27 bits per heavy atom. The van der Waals surface area contributed by atoms with Gasteiger partial charge >= 0.3 is 0 Å². The second kappa shape index (κ2) is 8.84. The van der Waals surface area contributed by atoms with Crippen LogP contribution in [-0.4, -0.2) is 57.4 Å². The zero-order chi connectivity index (χ0) is 21.1. The van der Waals surface area contributed by atoms with Crippen molar-refractivity contribution in [1.82, 2.24) is 19.9 Å². The lowest BCUT2D eigenvalue weighted by atomic mass is 10.3. The first-order chi connectivity index (χ1) is 14.5. The summed E-state index contributed by atoms with van der Waals surface area (Å²) in [6, 6.07) is 7.85. The van der Waals surface area contributed by atoms with E-state index in [1.54, 1.807) is 36.6 Å². The molecule has 1 unspecified atom stereocenters. The number of thioether (sulfide) groups is 1. The molecule has 1 aromatic carbocycles. The van der Waals surface area contributed by atoms with Crippen LogP contribution in [0.1, 0.15) is 12.6 Å². The molecule has 0 aliphatic carbocycles. The van der Waals surface area contributed by atoms with Gasteiger partial charge in [-0.2, -0.15) is 0 Å². The summed E-state index contributed by atoms with van der Waals surface area (Å²) in [4.78, 5) is 14.6. The van der Waals surface area contributed by atoms with Crippen LogP contribution in [0, 0.1) is 12.7 Å². The van der Waals surface area contributed by atoms with Crippen molar-refractivity contribution in [2.24, 2.45) is 0 Å². The van der Waals surface area contributed by atoms with E-state index in [1.807, 2.05) is 4.90 Å². The number of nitrogens with zero attached hydrogens (tertiary/aromatic N) is 5. The van der Waals surface area contributed by atoms with E-state index in [0.29, 0.717) is 48.8 Å². The lowest BCUT2D eigenvalue weighted by Crippen LogP contribution is -2.38. The minimum atomic E-state index is -0.510. The number of halogens is 1. The molecule has 0 radical (unpaired) electrons. The average molecular weight is 432 g/mol. The zero-order valence-electron chi connectivity index (χ0n) is 16.5. The van der Waals surface area contributed by atoms with Gasteiger partial charge in [0.05, 0.1) is 29.8 Å². The van der Waals surface area contributed by atoms with E-state index in [4.69, 9.17) is 9.26 Å². The third kappa shape index (κ3) is 4.46. The number of benzene rings is 1. The minimum absolute atomic E-state index is 0.266. The number of hydrogen-bond donors (Lipinski definition) is 1. The van der Waals surface area contributed by atoms with Crippen LogP contribution < -0.4 is 10.2 Å². The third-order valence-corrected chi connectivity index (χ3v) is 5.55. The van der Waals surface area contributed by atoms with Crippen LogP contribution in [-0.2, 0) is 9.53 Å². The van der Waals surface area contributed by atoms with Crippen molar-refractivity contribution < 1.29 is 18.4 Å². The number of carbonyl (C=O) groups is 1. The van der Waals surface area contributed by atoms with E-state index < -0.39 is 5.25 Å². The highest BCUT2D eigenvalue weighted by Crippen LogP contribution is 2.30. The second-order valence-electron chi connectivity index (χ2n) is 6.78. The van der Waals surface area contributed by atoms with Gasteiger partial charge in [0.25, 0.3) is 0 Å². The van der Waals surface area contributed by atoms with Crippen molar-refractivity contribution in [3.63, 3.8) is 0 Å². The normalized spacial score (nSPS) is 15.2. The van der Waals surface area contributed by atoms with Gasteiger partial charge < -0.3 is 14.2 Å². The highest BCUT2D eigenvalue weighted by molar-refractivity contribution is 8.00. The molecule has 2 aromatic heterocycles. The van der Waals surface area contributed by atoms with Crippen molar-refractivity contribution in [1.29, 1.82) is 0 Å². The van der Waals surface area contributed by atoms with E-state index in [-0.39, 0.29) is 17.6 Å². The van der Waals surface area contributed by atoms with Crippen molar-refractivity contribution in [2.45, 2.75) is 24.3 Å². The van der Waals surface area contributed by atoms with Gasteiger partial charge in [0.2, 0.25) is 17.7 Å². The molecule has 11 heteroatoms. The number of anilines is 2. The molecular formula is C19H21FN6O3S. The molecule has 1 saturated heterocycles. The maximum atomic E-state index is 13.9. The Bertz CT molecular complexity index is 1030. The molecule has 158 valence electrons. The molecular weight excluding hydrogens is 411 g/mol. The van der Waals surface area contributed by atoms with Crippen molar-refractivity contribution in [2.75, 3.05) is 36.5 Å². The fourth-order valence-corrected chi connectivity index (χ4v) is 3.87. The summed E-state index contributed by atoms with van der Waals surface area (Å²) >= 11 is 1.22. The lowest BCUT2D eigenvalue weighted by Gasteiger charge is -2.28. The molecule has 1 fully saturated rings. The zero-order valence-corrected chi connectivity index (χ0v) is 17.4. The van der Waals surface area contributed by atoms with Gasteiger partial charge in [-0.3, -0.25) is 14.7 Å². The quantitative estimate of drug-likeness (QED) is 0.594. The smallest absolute Gasteiger partial charge is 0.240 e. The summed E-state index contributed by atoms with van der Waals surface area (Å²) < 4.78 is 26.1. The van der Waals surface area contributed by atoms with Crippen LogP contribution in [0.25, 0.3) is 5.69 Å². The van der Waals surface area contributed by atoms with Crippen molar-refractivity contribution in [3.05, 3.63) is 41.8 Å². The molecule has 0 bridgehead atoms. The van der Waals surface area contributed by atoms with Gasteiger partial charge in [-0.1, -0.05) is 23.0 Å². The standard InChI is InChI=1S/C19H21FN6O3S/c1-12-10-16(29-24-12)21-17(27)13(2)30-19-23-22-18(25-6-8-28-9-7-25)26(19)15-5-3-4-14(20)11-15/h3-5,10-11,13H,6-9H2,1-2H3,(H,21,27). The van der Waals surface area contributed by atoms with E-state index in [2.05, 4.69) is 20.7 Å². The Kier molecular flexibility index (Phi) is 6.00. The van der Waals surface area contributed by atoms with E-state index in [9.17, 15) is 9.18 Å². The summed E-state index contributed by atoms with van der Waals surface area (Å²) in [5.41, 5.74) is 1.26. The Hall–Kier alpha value is -2.92. The molecule has 1 atom stereocenters. The highest BCUT2D eigenvalue weighted by Gasteiger charge is 2.25. The van der Waals surface area contributed by atoms with Crippen LogP contribution in [0.3, 0.4) is 0 Å². The Balaban J connectivity index is 1.60. The van der Waals surface area contributed by atoms with Crippen LogP contribution in [0.4, 0.5) is 16.2 Å². The average Bonchev–Trinajstić information content (AvgIpc) is 3.34. The van der Waals surface area contributed by atoms with Gasteiger partial charge in [-0.15, -0.1) is 10.2 Å². The van der Waals surface area contributed by atoms with E-state index in [0.717, 1.165) is 0 Å². The van der Waals surface area contributed by atoms with Gasteiger partial charge in [-0.05, 0) is 32.0 Å². The molecule has 1 N–H and O–H groups in total. The molecule has 4 rings (SSSR count). The first-order valence-electron chi connectivity index (χ1n) is 9.46. The van der Waals surface area contributed by atoms with Crippen LogP contribution in [0.15, 0.2) is 40.0 Å². The largest absolute Gasteiger partial charge is 0.378 e. The third-order valence-electron chi connectivity index (χ3n) is 4.50. The molecule has 30 heavy (non-hydrogen) atoms.